The van der Waals surface area contributed by atoms with E-state index in [-0.39, 0.29) is 4.90 Å². The number of hydrogen-bond donors (Lipinski definition) is 0. The van der Waals surface area contributed by atoms with Crippen molar-refractivity contribution in [1.82, 2.24) is 14.2 Å². The second kappa shape index (κ2) is 8.36. The lowest BCUT2D eigenvalue weighted by Gasteiger charge is -2.22. The van der Waals surface area contributed by atoms with E-state index in [2.05, 4.69) is 9.88 Å². The Labute approximate surface area is 174 Å². The quantitative estimate of drug-likeness (QED) is 0.625. The number of benzene rings is 2. The van der Waals surface area contributed by atoms with Gasteiger partial charge in [0.1, 0.15) is 5.82 Å². The first-order valence-electron chi connectivity index (χ1n) is 9.45. The van der Waals surface area contributed by atoms with Gasteiger partial charge in [-0.05, 0) is 61.0 Å². The highest BCUT2D eigenvalue weighted by atomic mass is 35.5. The van der Waals surface area contributed by atoms with E-state index >= 15 is 0 Å². The van der Waals surface area contributed by atoms with Gasteiger partial charge in [-0.1, -0.05) is 17.7 Å². The number of halogens is 2. The lowest BCUT2D eigenvalue weighted by atomic mass is 10.1. The molecule has 3 aromatic rings. The maximum Gasteiger partial charge on any atom is 0.243 e. The summed E-state index contributed by atoms with van der Waals surface area (Å²) < 4.78 is 40.4. The highest BCUT2D eigenvalue weighted by Crippen LogP contribution is 2.26. The van der Waals surface area contributed by atoms with E-state index in [1.807, 2.05) is 24.3 Å². The average molecular weight is 434 g/mol. The van der Waals surface area contributed by atoms with Crippen molar-refractivity contribution in [2.75, 3.05) is 26.2 Å². The van der Waals surface area contributed by atoms with Crippen LogP contribution in [0.15, 0.2) is 59.6 Å². The van der Waals surface area contributed by atoms with E-state index in [1.165, 1.54) is 28.6 Å². The predicted octanol–water partition coefficient (Wildman–Crippen LogP) is 3.92. The van der Waals surface area contributed by atoms with Crippen LogP contribution in [0.1, 0.15) is 12.0 Å². The molecule has 29 heavy (non-hydrogen) atoms. The third-order valence-electron chi connectivity index (χ3n) is 5.19. The Balaban J connectivity index is 1.50. The summed E-state index contributed by atoms with van der Waals surface area (Å²) in [7, 11) is -3.63. The van der Waals surface area contributed by atoms with Crippen LogP contribution in [0.4, 0.5) is 4.39 Å². The van der Waals surface area contributed by atoms with Crippen LogP contribution >= 0.6 is 11.6 Å². The molecule has 8 heteroatoms. The lowest BCUT2D eigenvalue weighted by Crippen LogP contribution is -2.35. The molecule has 1 aliphatic heterocycles. The van der Waals surface area contributed by atoms with Gasteiger partial charge in [-0.15, -0.1) is 0 Å². The van der Waals surface area contributed by atoms with Crippen LogP contribution in [0.25, 0.3) is 10.9 Å². The fraction of sp³-hybridized carbons (Fsp3) is 0.286. The monoisotopic (exact) mass is 433 g/mol. The summed E-state index contributed by atoms with van der Waals surface area (Å²) in [5.41, 5.74) is 1.94. The first-order chi connectivity index (χ1) is 13.9. The molecule has 2 aromatic carbocycles. The van der Waals surface area contributed by atoms with Crippen LogP contribution in [0.5, 0.6) is 0 Å². The van der Waals surface area contributed by atoms with Crippen molar-refractivity contribution in [2.45, 2.75) is 17.9 Å². The maximum atomic E-state index is 13.1. The van der Waals surface area contributed by atoms with Crippen LogP contribution < -0.4 is 0 Å². The summed E-state index contributed by atoms with van der Waals surface area (Å²) in [6, 6.07) is 12.7. The van der Waals surface area contributed by atoms with Crippen molar-refractivity contribution in [3.63, 3.8) is 0 Å². The predicted molar refractivity (Wildman–Crippen MR) is 112 cm³/mol. The molecule has 1 aliphatic rings. The van der Waals surface area contributed by atoms with Crippen molar-refractivity contribution < 1.29 is 12.8 Å². The summed E-state index contributed by atoms with van der Waals surface area (Å²) in [4.78, 5) is 6.84. The van der Waals surface area contributed by atoms with E-state index in [0.29, 0.717) is 31.2 Å². The summed E-state index contributed by atoms with van der Waals surface area (Å²) in [5.74, 6) is -0.449. The molecule has 0 radical (unpaired) electrons. The maximum absolute atomic E-state index is 13.1. The van der Waals surface area contributed by atoms with Gasteiger partial charge in [0.2, 0.25) is 10.0 Å². The second-order valence-electron chi connectivity index (χ2n) is 7.09. The van der Waals surface area contributed by atoms with E-state index in [9.17, 15) is 12.8 Å². The number of rotatable bonds is 4. The number of pyridine rings is 1. The highest BCUT2D eigenvalue weighted by molar-refractivity contribution is 7.89. The first kappa shape index (κ1) is 20.2. The molecule has 0 spiro atoms. The largest absolute Gasteiger partial charge is 0.298 e. The van der Waals surface area contributed by atoms with E-state index in [1.54, 1.807) is 6.20 Å². The Kier molecular flexibility index (Phi) is 5.83. The summed E-state index contributed by atoms with van der Waals surface area (Å²) in [5, 5.41) is 1.59. The van der Waals surface area contributed by atoms with Crippen LogP contribution in [-0.4, -0.2) is 48.8 Å². The molecule has 0 bridgehead atoms. The van der Waals surface area contributed by atoms with Crippen molar-refractivity contribution in [2.24, 2.45) is 0 Å². The van der Waals surface area contributed by atoms with Gasteiger partial charge in [0.25, 0.3) is 0 Å². The van der Waals surface area contributed by atoms with Crippen LogP contribution in [0, 0.1) is 5.82 Å². The van der Waals surface area contributed by atoms with Crippen LogP contribution in [0.2, 0.25) is 5.02 Å². The summed E-state index contributed by atoms with van der Waals surface area (Å²) >= 11 is 6.28. The highest BCUT2D eigenvalue weighted by Gasteiger charge is 2.27. The zero-order valence-corrected chi connectivity index (χ0v) is 17.3. The van der Waals surface area contributed by atoms with Gasteiger partial charge >= 0.3 is 0 Å². The summed E-state index contributed by atoms with van der Waals surface area (Å²) in [6.07, 6.45) is 2.47. The number of hydrogen-bond acceptors (Lipinski definition) is 4. The Bertz CT molecular complexity index is 1120. The third-order valence-corrected chi connectivity index (χ3v) is 7.44. The molecule has 4 rings (SSSR count). The molecule has 0 N–H and O–H groups in total. The normalized spacial score (nSPS) is 16.8. The molecule has 1 fully saturated rings. The van der Waals surface area contributed by atoms with Crippen molar-refractivity contribution in [3.8, 4) is 0 Å². The van der Waals surface area contributed by atoms with Gasteiger partial charge in [0.05, 0.1) is 10.4 Å². The molecular formula is C21H21ClFN3O2S. The first-order valence-corrected chi connectivity index (χ1v) is 11.3. The van der Waals surface area contributed by atoms with E-state index in [4.69, 9.17) is 11.6 Å². The van der Waals surface area contributed by atoms with Gasteiger partial charge in [0, 0.05) is 42.8 Å². The molecule has 152 valence electrons. The van der Waals surface area contributed by atoms with E-state index < -0.39 is 15.8 Å². The molecule has 0 unspecified atom stereocenters. The van der Waals surface area contributed by atoms with Crippen LogP contribution in [-0.2, 0) is 16.6 Å². The molecule has 1 aromatic heterocycles. The lowest BCUT2D eigenvalue weighted by molar-refractivity contribution is 0.279. The number of aromatic nitrogens is 1. The van der Waals surface area contributed by atoms with Crippen molar-refractivity contribution >= 4 is 32.5 Å². The number of nitrogens with zero attached hydrogens (tertiary/aromatic N) is 3. The van der Waals surface area contributed by atoms with E-state index in [0.717, 1.165) is 29.4 Å². The Morgan fingerprint density at radius 3 is 2.59 bits per heavy atom. The fourth-order valence-electron chi connectivity index (χ4n) is 3.67. The van der Waals surface area contributed by atoms with Crippen molar-refractivity contribution in [3.05, 3.63) is 71.1 Å². The number of sulfonamides is 1. The third kappa shape index (κ3) is 4.28. The zero-order valence-electron chi connectivity index (χ0n) is 15.8. The Morgan fingerprint density at radius 1 is 1.00 bits per heavy atom. The minimum absolute atomic E-state index is 0.125. The minimum Gasteiger partial charge on any atom is -0.298 e. The zero-order chi connectivity index (χ0) is 20.4. The topological polar surface area (TPSA) is 53.5 Å². The van der Waals surface area contributed by atoms with Crippen LogP contribution in [0.3, 0.4) is 0 Å². The molecule has 0 atom stereocenters. The van der Waals surface area contributed by atoms with Gasteiger partial charge in [-0.3, -0.25) is 9.88 Å². The summed E-state index contributed by atoms with van der Waals surface area (Å²) in [6.45, 7) is 2.90. The van der Waals surface area contributed by atoms with Gasteiger partial charge in [0.15, 0.2) is 0 Å². The molecular weight excluding hydrogens is 413 g/mol. The SMILES string of the molecule is O=S(=O)(c1ccc(F)cc1)N1CCCN(Cc2ccc(Cl)c3cccnc23)CC1. The Hall–Kier alpha value is -2.06. The van der Waals surface area contributed by atoms with Crippen molar-refractivity contribution in [1.29, 1.82) is 0 Å². The molecule has 1 saturated heterocycles. The average Bonchev–Trinajstić information content (AvgIpc) is 2.97. The Morgan fingerprint density at radius 2 is 1.79 bits per heavy atom. The van der Waals surface area contributed by atoms with Gasteiger partial charge in [-0.25, -0.2) is 12.8 Å². The fourth-order valence-corrected chi connectivity index (χ4v) is 5.35. The molecule has 2 heterocycles. The second-order valence-corrected chi connectivity index (χ2v) is 9.44. The molecule has 0 saturated carbocycles. The molecule has 0 aliphatic carbocycles. The standard InChI is InChI=1S/C21H21ClFN3O2S/c22-20-9-4-16(21-19(20)3-1-10-24-21)15-25-11-2-12-26(14-13-25)29(27,28)18-7-5-17(23)6-8-18/h1,3-10H,2,11-15H2. The number of fused-ring (bicyclic) bond motifs is 1. The molecule has 5 nitrogen and oxygen atoms in total. The molecule has 0 amide bonds. The smallest absolute Gasteiger partial charge is 0.243 e. The van der Waals surface area contributed by atoms with Gasteiger partial charge < -0.3 is 0 Å². The minimum atomic E-state index is -3.63. The van der Waals surface area contributed by atoms with Gasteiger partial charge in [-0.2, -0.15) is 4.31 Å².